The van der Waals surface area contributed by atoms with Crippen molar-refractivity contribution in [3.05, 3.63) is 30.6 Å². The number of nitrogens with zero attached hydrogens (tertiary/aromatic N) is 1. The summed E-state index contributed by atoms with van der Waals surface area (Å²) in [6.07, 6.45) is 1.51. The van der Waals surface area contributed by atoms with Crippen LogP contribution in [0.25, 0.3) is 0 Å². The number of hydrogen-bond donors (Lipinski definition) is 0. The minimum atomic E-state index is 0.454. The molecule has 1 aromatic heterocycles. The van der Waals surface area contributed by atoms with Gasteiger partial charge in [0.15, 0.2) is 0 Å². The van der Waals surface area contributed by atoms with Crippen molar-refractivity contribution < 1.29 is 4.74 Å². The summed E-state index contributed by atoms with van der Waals surface area (Å²) in [4.78, 5) is 3.75. The van der Waals surface area contributed by atoms with Crippen LogP contribution in [0, 0.1) is 7.11 Å². The Morgan fingerprint density at radius 3 is 2.78 bits per heavy atom. The third kappa shape index (κ3) is 1.57. The molecule has 0 saturated carbocycles. The minimum absolute atomic E-state index is 0.454. The average Bonchev–Trinajstić information content (AvgIpc) is 1.90. The SMILES string of the molecule is [CH2]Oc1ccc(Cl)nc1. The highest BCUT2D eigenvalue weighted by Crippen LogP contribution is 2.10. The lowest BCUT2D eigenvalue weighted by Crippen LogP contribution is -1.79. The Kier molecular flexibility index (Phi) is 1.90. The molecule has 0 saturated heterocycles. The van der Waals surface area contributed by atoms with Gasteiger partial charge in [0, 0.05) is 0 Å². The topological polar surface area (TPSA) is 22.1 Å². The number of aromatic nitrogens is 1. The Hall–Kier alpha value is -0.760. The number of halogens is 1. The van der Waals surface area contributed by atoms with Crippen molar-refractivity contribution in [3.8, 4) is 5.75 Å². The third-order valence-electron chi connectivity index (χ3n) is 0.867. The predicted molar refractivity (Wildman–Crippen MR) is 35.2 cm³/mol. The van der Waals surface area contributed by atoms with Crippen LogP contribution < -0.4 is 4.74 Å². The zero-order valence-corrected chi connectivity index (χ0v) is 5.43. The standard InChI is InChI=1S/C6H5ClNO/c1-9-5-2-3-6(7)8-4-5/h2-4H,1H2. The van der Waals surface area contributed by atoms with E-state index in [1.807, 2.05) is 0 Å². The summed E-state index contributed by atoms with van der Waals surface area (Å²) in [6.45, 7) is 0. The maximum absolute atomic E-state index is 5.48. The van der Waals surface area contributed by atoms with Crippen molar-refractivity contribution >= 4 is 11.6 Å². The van der Waals surface area contributed by atoms with Crippen LogP contribution in [0.1, 0.15) is 0 Å². The van der Waals surface area contributed by atoms with Crippen LogP contribution in [0.3, 0.4) is 0 Å². The molecule has 0 aliphatic carbocycles. The molecule has 9 heavy (non-hydrogen) atoms. The monoisotopic (exact) mass is 142 g/mol. The first kappa shape index (κ1) is 6.36. The van der Waals surface area contributed by atoms with Crippen LogP contribution in [0.5, 0.6) is 5.75 Å². The molecule has 1 radical (unpaired) electrons. The van der Waals surface area contributed by atoms with Gasteiger partial charge in [0.05, 0.1) is 6.20 Å². The Bertz CT molecular complexity index is 185. The molecule has 0 bridgehead atoms. The van der Waals surface area contributed by atoms with Gasteiger partial charge in [0.1, 0.15) is 18.0 Å². The largest absolute Gasteiger partial charge is 0.488 e. The van der Waals surface area contributed by atoms with E-state index >= 15 is 0 Å². The molecule has 2 nitrogen and oxygen atoms in total. The molecule has 0 N–H and O–H groups in total. The number of ether oxygens (including phenoxy) is 1. The molecule has 0 aliphatic rings. The fourth-order valence-electron chi connectivity index (χ4n) is 0.448. The number of hydrogen-bond acceptors (Lipinski definition) is 2. The Labute approximate surface area is 58.4 Å². The van der Waals surface area contributed by atoms with Crippen LogP contribution >= 0.6 is 11.6 Å². The molecule has 0 aromatic carbocycles. The zero-order valence-electron chi connectivity index (χ0n) is 4.67. The van der Waals surface area contributed by atoms with Gasteiger partial charge in [-0.05, 0) is 12.1 Å². The molecule has 0 atom stereocenters. The predicted octanol–water partition coefficient (Wildman–Crippen LogP) is 1.91. The summed E-state index contributed by atoms with van der Waals surface area (Å²) in [5.41, 5.74) is 0. The average molecular weight is 143 g/mol. The normalized spacial score (nSPS) is 9.11. The smallest absolute Gasteiger partial charge is 0.137 e. The first-order valence-electron chi connectivity index (χ1n) is 2.36. The van der Waals surface area contributed by atoms with Crippen LogP contribution in [-0.4, -0.2) is 4.98 Å². The van der Waals surface area contributed by atoms with E-state index in [1.165, 1.54) is 6.20 Å². The van der Waals surface area contributed by atoms with Gasteiger partial charge in [0.25, 0.3) is 0 Å². The molecular formula is C6H5ClNO. The summed E-state index contributed by atoms with van der Waals surface area (Å²) in [5, 5.41) is 0.454. The van der Waals surface area contributed by atoms with E-state index in [0.29, 0.717) is 10.9 Å². The maximum atomic E-state index is 5.48. The minimum Gasteiger partial charge on any atom is -0.488 e. The van der Waals surface area contributed by atoms with Crippen molar-refractivity contribution in [1.82, 2.24) is 4.98 Å². The summed E-state index contributed by atoms with van der Waals surface area (Å²) in [5.74, 6) is 0.611. The lowest BCUT2D eigenvalue weighted by molar-refractivity contribution is 0.470. The van der Waals surface area contributed by atoms with Gasteiger partial charge in [-0.2, -0.15) is 0 Å². The second-order valence-corrected chi connectivity index (χ2v) is 1.85. The first-order valence-corrected chi connectivity index (χ1v) is 2.74. The van der Waals surface area contributed by atoms with E-state index in [-0.39, 0.29) is 0 Å². The quantitative estimate of drug-likeness (QED) is 0.559. The highest BCUT2D eigenvalue weighted by Gasteiger charge is 1.88. The molecule has 0 amide bonds. The number of rotatable bonds is 1. The van der Waals surface area contributed by atoms with Gasteiger partial charge in [0.2, 0.25) is 0 Å². The fourth-order valence-corrected chi connectivity index (χ4v) is 0.559. The van der Waals surface area contributed by atoms with Gasteiger partial charge in [-0.3, -0.25) is 0 Å². The third-order valence-corrected chi connectivity index (χ3v) is 1.09. The van der Waals surface area contributed by atoms with Crippen molar-refractivity contribution in [2.75, 3.05) is 0 Å². The van der Waals surface area contributed by atoms with E-state index in [9.17, 15) is 0 Å². The summed E-state index contributed by atoms with van der Waals surface area (Å²) < 4.78 is 4.60. The Balaban J connectivity index is 2.88. The van der Waals surface area contributed by atoms with Crippen molar-refractivity contribution in [3.63, 3.8) is 0 Å². The Morgan fingerprint density at radius 1 is 1.56 bits per heavy atom. The molecule has 47 valence electrons. The second kappa shape index (κ2) is 2.69. The lowest BCUT2D eigenvalue weighted by atomic mass is 10.5. The fraction of sp³-hybridized carbons (Fsp3) is 0. The van der Waals surface area contributed by atoms with E-state index in [4.69, 9.17) is 11.6 Å². The highest BCUT2D eigenvalue weighted by atomic mass is 35.5. The highest BCUT2D eigenvalue weighted by molar-refractivity contribution is 6.29. The molecule has 0 fully saturated rings. The zero-order chi connectivity index (χ0) is 6.69. The maximum Gasteiger partial charge on any atom is 0.137 e. The summed E-state index contributed by atoms with van der Waals surface area (Å²) in [7, 11) is 3.20. The van der Waals surface area contributed by atoms with Crippen LogP contribution in [-0.2, 0) is 0 Å². The second-order valence-electron chi connectivity index (χ2n) is 1.46. The molecule has 1 heterocycles. The van der Waals surface area contributed by atoms with E-state index < -0.39 is 0 Å². The molecule has 0 unspecified atom stereocenters. The molecule has 3 heteroatoms. The van der Waals surface area contributed by atoms with Crippen LogP contribution in [0.15, 0.2) is 18.3 Å². The van der Waals surface area contributed by atoms with Gasteiger partial charge < -0.3 is 4.74 Å². The van der Waals surface area contributed by atoms with Crippen molar-refractivity contribution in [2.24, 2.45) is 0 Å². The summed E-state index contributed by atoms with van der Waals surface area (Å²) >= 11 is 5.48. The van der Waals surface area contributed by atoms with E-state index in [0.717, 1.165) is 0 Å². The van der Waals surface area contributed by atoms with Crippen molar-refractivity contribution in [1.29, 1.82) is 0 Å². The van der Waals surface area contributed by atoms with Gasteiger partial charge in [-0.15, -0.1) is 0 Å². The lowest BCUT2D eigenvalue weighted by Gasteiger charge is -1.94. The van der Waals surface area contributed by atoms with Gasteiger partial charge in [-0.1, -0.05) is 11.6 Å². The molecule has 1 aromatic rings. The van der Waals surface area contributed by atoms with Crippen LogP contribution in [0.2, 0.25) is 5.15 Å². The van der Waals surface area contributed by atoms with Crippen molar-refractivity contribution in [2.45, 2.75) is 0 Å². The van der Waals surface area contributed by atoms with Gasteiger partial charge in [-0.25, -0.2) is 4.98 Å². The van der Waals surface area contributed by atoms with Gasteiger partial charge >= 0.3 is 0 Å². The Morgan fingerprint density at radius 2 is 2.33 bits per heavy atom. The summed E-state index contributed by atoms with van der Waals surface area (Å²) in [6, 6.07) is 3.34. The number of pyridine rings is 1. The molecule has 1 rings (SSSR count). The van der Waals surface area contributed by atoms with E-state index in [2.05, 4.69) is 16.8 Å². The first-order chi connectivity index (χ1) is 4.33. The molecule has 0 aliphatic heterocycles. The van der Waals surface area contributed by atoms with E-state index in [1.54, 1.807) is 12.1 Å². The van der Waals surface area contributed by atoms with Crippen LogP contribution in [0.4, 0.5) is 0 Å². The molecular weight excluding hydrogens is 138 g/mol. The molecule has 0 spiro atoms.